The summed E-state index contributed by atoms with van der Waals surface area (Å²) < 4.78 is 32.4. The van der Waals surface area contributed by atoms with Gasteiger partial charge in [0.2, 0.25) is 5.78 Å². The maximum absolute atomic E-state index is 12.5. The summed E-state index contributed by atoms with van der Waals surface area (Å²) in [7, 11) is -3.76. The van der Waals surface area contributed by atoms with E-state index in [1.807, 2.05) is 72.1 Å². The number of imidazole rings is 1. The van der Waals surface area contributed by atoms with Crippen LogP contribution >= 0.6 is 0 Å². The van der Waals surface area contributed by atoms with Crippen LogP contribution in [0.1, 0.15) is 5.56 Å². The van der Waals surface area contributed by atoms with Gasteiger partial charge in [0, 0.05) is 30.5 Å². The standard InChI is InChI=1S/C26H22N4O3S/c1-18-6-12-22(13-7-18)34(31,32)33-21-16-29(17-21)20-10-8-19(9-11-20)23-14-15-30-25-5-3-2-4-24(25)28-26(30)27-23/h2-15,21H,16-17H2,1H3. The third-order valence-corrected chi connectivity index (χ3v) is 7.50. The number of rotatable bonds is 5. The maximum Gasteiger partial charge on any atom is 0.297 e. The molecule has 0 saturated carbocycles. The number of fused-ring (bicyclic) bond motifs is 3. The van der Waals surface area contributed by atoms with Crippen LogP contribution < -0.4 is 4.90 Å². The van der Waals surface area contributed by atoms with Crippen molar-refractivity contribution in [1.82, 2.24) is 14.4 Å². The van der Waals surface area contributed by atoms with E-state index in [-0.39, 0.29) is 11.0 Å². The molecule has 0 N–H and O–H groups in total. The van der Waals surface area contributed by atoms with Crippen LogP contribution in [0.4, 0.5) is 5.69 Å². The molecule has 2 aromatic heterocycles. The first-order valence-corrected chi connectivity index (χ1v) is 12.5. The Morgan fingerprint density at radius 2 is 1.62 bits per heavy atom. The van der Waals surface area contributed by atoms with Gasteiger partial charge < -0.3 is 4.90 Å². The van der Waals surface area contributed by atoms with E-state index >= 15 is 0 Å². The van der Waals surface area contributed by atoms with Crippen molar-refractivity contribution in [3.8, 4) is 11.3 Å². The van der Waals surface area contributed by atoms with Crippen molar-refractivity contribution in [3.63, 3.8) is 0 Å². The molecule has 34 heavy (non-hydrogen) atoms. The normalized spacial score (nSPS) is 14.6. The van der Waals surface area contributed by atoms with Crippen molar-refractivity contribution in [2.75, 3.05) is 18.0 Å². The zero-order valence-corrected chi connectivity index (χ0v) is 19.3. The Labute approximate surface area is 197 Å². The Kier molecular flexibility index (Phi) is 4.86. The molecule has 0 aliphatic carbocycles. The number of hydrogen-bond acceptors (Lipinski definition) is 6. The molecule has 7 nitrogen and oxygen atoms in total. The lowest BCUT2D eigenvalue weighted by Crippen LogP contribution is -2.53. The minimum absolute atomic E-state index is 0.191. The molecule has 1 saturated heterocycles. The molecule has 0 amide bonds. The maximum atomic E-state index is 12.5. The van der Waals surface area contributed by atoms with Gasteiger partial charge in [0.25, 0.3) is 10.1 Å². The van der Waals surface area contributed by atoms with Gasteiger partial charge in [-0.3, -0.25) is 8.58 Å². The number of benzene rings is 3. The summed E-state index contributed by atoms with van der Waals surface area (Å²) in [4.78, 5) is 11.6. The number of aromatic nitrogens is 3. The van der Waals surface area contributed by atoms with Crippen LogP contribution in [0.25, 0.3) is 28.1 Å². The van der Waals surface area contributed by atoms with Crippen LogP contribution in [0.3, 0.4) is 0 Å². The summed E-state index contributed by atoms with van der Waals surface area (Å²) in [5, 5.41) is 0. The van der Waals surface area contributed by atoms with Crippen LogP contribution in [0, 0.1) is 6.92 Å². The average Bonchev–Trinajstić information content (AvgIpc) is 3.19. The van der Waals surface area contributed by atoms with E-state index in [0.29, 0.717) is 18.9 Å². The van der Waals surface area contributed by atoms with E-state index < -0.39 is 10.1 Å². The van der Waals surface area contributed by atoms with Crippen molar-refractivity contribution in [2.24, 2.45) is 0 Å². The van der Waals surface area contributed by atoms with Crippen molar-refractivity contribution >= 4 is 32.6 Å². The second kappa shape index (κ2) is 7.93. The Balaban J connectivity index is 1.14. The average molecular weight is 471 g/mol. The van der Waals surface area contributed by atoms with Gasteiger partial charge in [-0.25, -0.2) is 9.97 Å². The third-order valence-electron chi connectivity index (χ3n) is 6.13. The molecule has 3 heterocycles. The fourth-order valence-electron chi connectivity index (χ4n) is 4.20. The highest BCUT2D eigenvalue weighted by Gasteiger charge is 2.32. The summed E-state index contributed by atoms with van der Waals surface area (Å²) in [5.74, 6) is 0.667. The molecule has 0 spiro atoms. The molecular formula is C26H22N4O3S. The van der Waals surface area contributed by atoms with E-state index in [4.69, 9.17) is 9.17 Å². The quantitative estimate of drug-likeness (QED) is 0.353. The van der Waals surface area contributed by atoms with Gasteiger partial charge in [0.15, 0.2) is 0 Å². The highest BCUT2D eigenvalue weighted by molar-refractivity contribution is 7.86. The fraction of sp³-hybridized carbons (Fsp3) is 0.154. The Hall–Kier alpha value is -3.75. The first kappa shape index (κ1) is 20.8. The van der Waals surface area contributed by atoms with Crippen molar-refractivity contribution in [2.45, 2.75) is 17.9 Å². The van der Waals surface area contributed by atoms with Gasteiger partial charge >= 0.3 is 0 Å². The fourth-order valence-corrected chi connectivity index (χ4v) is 5.26. The van der Waals surface area contributed by atoms with Crippen LogP contribution in [-0.4, -0.2) is 42.0 Å². The van der Waals surface area contributed by atoms with Gasteiger partial charge in [-0.1, -0.05) is 42.0 Å². The molecule has 0 bridgehead atoms. The molecule has 8 heteroatoms. The second-order valence-corrected chi connectivity index (χ2v) is 10.1. The minimum atomic E-state index is -3.76. The summed E-state index contributed by atoms with van der Waals surface area (Å²) in [5.41, 5.74) is 5.82. The third kappa shape index (κ3) is 3.70. The molecule has 170 valence electrons. The molecular weight excluding hydrogens is 448 g/mol. The number of para-hydroxylation sites is 2. The monoisotopic (exact) mass is 470 g/mol. The van der Waals surface area contributed by atoms with E-state index in [1.54, 1.807) is 24.3 Å². The Morgan fingerprint density at radius 1 is 0.882 bits per heavy atom. The van der Waals surface area contributed by atoms with E-state index in [2.05, 4.69) is 9.88 Å². The van der Waals surface area contributed by atoms with Crippen LogP contribution in [0.15, 0.2) is 90.0 Å². The van der Waals surface area contributed by atoms with E-state index in [9.17, 15) is 8.42 Å². The van der Waals surface area contributed by atoms with Gasteiger partial charge in [0.05, 0.1) is 21.6 Å². The lowest BCUT2D eigenvalue weighted by atomic mass is 10.1. The second-order valence-electron chi connectivity index (χ2n) is 8.52. The molecule has 3 aromatic carbocycles. The highest BCUT2D eigenvalue weighted by Crippen LogP contribution is 2.28. The molecule has 6 rings (SSSR count). The van der Waals surface area contributed by atoms with Crippen LogP contribution in [-0.2, 0) is 14.3 Å². The van der Waals surface area contributed by atoms with Crippen molar-refractivity contribution < 1.29 is 12.6 Å². The summed E-state index contributed by atoms with van der Waals surface area (Å²) in [6.07, 6.45) is 1.64. The molecule has 1 aliphatic rings. The van der Waals surface area contributed by atoms with Gasteiger partial charge in [-0.05, 0) is 49.4 Å². The van der Waals surface area contributed by atoms with E-state index in [1.165, 1.54) is 0 Å². The number of hydrogen-bond donors (Lipinski definition) is 0. The minimum Gasteiger partial charge on any atom is -0.366 e. The first-order chi connectivity index (χ1) is 16.5. The summed E-state index contributed by atoms with van der Waals surface area (Å²) in [6.45, 7) is 2.96. The zero-order valence-electron chi connectivity index (χ0n) is 18.5. The Morgan fingerprint density at radius 3 is 2.38 bits per heavy atom. The largest absolute Gasteiger partial charge is 0.366 e. The summed E-state index contributed by atoms with van der Waals surface area (Å²) in [6, 6.07) is 24.7. The van der Waals surface area contributed by atoms with E-state index in [0.717, 1.165) is 33.5 Å². The topological polar surface area (TPSA) is 76.8 Å². The predicted octanol–water partition coefficient (Wildman–Crippen LogP) is 4.45. The highest BCUT2D eigenvalue weighted by atomic mass is 32.2. The van der Waals surface area contributed by atoms with Crippen molar-refractivity contribution in [3.05, 3.63) is 90.6 Å². The molecule has 1 aliphatic heterocycles. The smallest absolute Gasteiger partial charge is 0.297 e. The first-order valence-electron chi connectivity index (χ1n) is 11.1. The molecule has 5 aromatic rings. The SMILES string of the molecule is Cc1ccc(S(=O)(=O)OC2CN(c3ccc(-c4ccn5c(n4)nc4ccccc45)cc3)C2)cc1. The zero-order chi connectivity index (χ0) is 23.3. The van der Waals surface area contributed by atoms with Crippen molar-refractivity contribution in [1.29, 1.82) is 0 Å². The lowest BCUT2D eigenvalue weighted by molar-refractivity contribution is 0.175. The molecule has 1 fully saturated rings. The number of aryl methyl sites for hydroxylation is 1. The van der Waals surface area contributed by atoms with Gasteiger partial charge in [-0.2, -0.15) is 8.42 Å². The van der Waals surface area contributed by atoms with Crippen LogP contribution in [0.5, 0.6) is 0 Å². The predicted molar refractivity (Wildman–Crippen MR) is 131 cm³/mol. The Bertz CT molecular complexity index is 1600. The molecule has 0 radical (unpaired) electrons. The summed E-state index contributed by atoms with van der Waals surface area (Å²) >= 11 is 0. The lowest BCUT2D eigenvalue weighted by Gasteiger charge is -2.40. The van der Waals surface area contributed by atoms with Gasteiger partial charge in [-0.15, -0.1) is 0 Å². The molecule has 0 atom stereocenters. The van der Waals surface area contributed by atoms with Gasteiger partial charge in [0.1, 0.15) is 6.10 Å². The number of nitrogens with zero attached hydrogens (tertiary/aromatic N) is 4. The molecule has 0 unspecified atom stereocenters. The van der Waals surface area contributed by atoms with Crippen LogP contribution in [0.2, 0.25) is 0 Å². The number of anilines is 1.